The van der Waals surface area contributed by atoms with Gasteiger partial charge in [0.2, 0.25) is 0 Å². The highest BCUT2D eigenvalue weighted by Gasteiger charge is 2.14. The van der Waals surface area contributed by atoms with E-state index >= 15 is 0 Å². The summed E-state index contributed by atoms with van der Waals surface area (Å²) in [6.07, 6.45) is 1.87. The summed E-state index contributed by atoms with van der Waals surface area (Å²) in [4.78, 5) is 4.65. The monoisotopic (exact) mass is 351 g/mol. The average molecular weight is 351 g/mol. The van der Waals surface area contributed by atoms with Crippen molar-refractivity contribution >= 4 is 53.4 Å². The fourth-order valence-corrected chi connectivity index (χ4v) is 4.82. The van der Waals surface area contributed by atoms with Crippen molar-refractivity contribution in [1.82, 2.24) is 4.98 Å². The van der Waals surface area contributed by atoms with Crippen LogP contribution in [-0.4, -0.2) is 4.98 Å². The van der Waals surface area contributed by atoms with Gasteiger partial charge < -0.3 is 4.42 Å². The number of thiophene rings is 1. The number of benzene rings is 3. The van der Waals surface area contributed by atoms with Crippen LogP contribution >= 0.6 is 11.3 Å². The van der Waals surface area contributed by atoms with Crippen molar-refractivity contribution in [2.45, 2.75) is 0 Å². The third-order valence-corrected chi connectivity index (χ3v) is 6.10. The maximum Gasteiger partial charge on any atom is 0.161 e. The van der Waals surface area contributed by atoms with E-state index in [1.165, 1.54) is 20.2 Å². The lowest BCUT2D eigenvalue weighted by molar-refractivity contribution is 0.668. The molecule has 26 heavy (non-hydrogen) atoms. The quantitative estimate of drug-likeness (QED) is 0.318. The minimum absolute atomic E-state index is 0.854. The van der Waals surface area contributed by atoms with E-state index in [1.807, 2.05) is 41.8 Å². The summed E-state index contributed by atoms with van der Waals surface area (Å²) in [5.74, 6) is 0. The van der Waals surface area contributed by atoms with Gasteiger partial charge in [0, 0.05) is 42.7 Å². The lowest BCUT2D eigenvalue weighted by Gasteiger charge is -2.02. The Labute approximate surface area is 153 Å². The van der Waals surface area contributed by atoms with Gasteiger partial charge in [0.15, 0.2) is 5.58 Å². The molecule has 3 aromatic heterocycles. The van der Waals surface area contributed by atoms with E-state index in [-0.39, 0.29) is 0 Å². The van der Waals surface area contributed by atoms with Gasteiger partial charge in [-0.1, -0.05) is 42.5 Å². The SMILES string of the molecule is c1ccc2c(c1)oc1c(-c3ccc4sc5ccccc5c4c3)nccc12. The summed E-state index contributed by atoms with van der Waals surface area (Å²) in [6, 6.07) is 25.3. The van der Waals surface area contributed by atoms with Crippen LogP contribution in [-0.2, 0) is 0 Å². The maximum absolute atomic E-state index is 6.16. The zero-order chi connectivity index (χ0) is 17.1. The molecule has 0 aliphatic rings. The van der Waals surface area contributed by atoms with Gasteiger partial charge in [-0.05, 0) is 30.3 Å². The van der Waals surface area contributed by atoms with E-state index in [2.05, 4.69) is 53.5 Å². The number of rotatable bonds is 1. The molecule has 0 spiro atoms. The van der Waals surface area contributed by atoms with Gasteiger partial charge in [0.25, 0.3) is 0 Å². The largest absolute Gasteiger partial charge is 0.454 e. The first kappa shape index (κ1) is 14.0. The normalized spacial score (nSPS) is 11.8. The van der Waals surface area contributed by atoms with Crippen LogP contribution in [0.25, 0.3) is 53.4 Å². The van der Waals surface area contributed by atoms with Crippen molar-refractivity contribution in [3.8, 4) is 11.3 Å². The van der Waals surface area contributed by atoms with Crippen LogP contribution < -0.4 is 0 Å². The Morgan fingerprint density at radius 2 is 1.50 bits per heavy atom. The minimum atomic E-state index is 0.854. The van der Waals surface area contributed by atoms with Gasteiger partial charge in [-0.2, -0.15) is 0 Å². The average Bonchev–Trinajstić information content (AvgIpc) is 3.25. The van der Waals surface area contributed by atoms with E-state index in [4.69, 9.17) is 4.42 Å². The molecule has 0 atom stereocenters. The molecular formula is C23H13NOS. The summed E-state index contributed by atoms with van der Waals surface area (Å²) in [7, 11) is 0. The first-order chi connectivity index (χ1) is 12.9. The fraction of sp³-hybridized carbons (Fsp3) is 0. The fourth-order valence-electron chi connectivity index (χ4n) is 3.73. The molecule has 0 unspecified atom stereocenters. The standard InChI is InChI=1S/C23H13NOS/c1-3-7-19-15(5-1)17-11-12-24-22(23(17)25-19)14-9-10-21-18(13-14)16-6-2-4-8-20(16)26-21/h1-13H. The molecule has 3 aromatic carbocycles. The number of para-hydroxylation sites is 1. The molecule has 0 bridgehead atoms. The molecule has 0 saturated carbocycles. The second-order valence-electron chi connectivity index (χ2n) is 6.44. The van der Waals surface area contributed by atoms with Crippen molar-refractivity contribution in [2.75, 3.05) is 0 Å². The van der Waals surface area contributed by atoms with E-state index in [9.17, 15) is 0 Å². The summed E-state index contributed by atoms with van der Waals surface area (Å²) >= 11 is 1.83. The Morgan fingerprint density at radius 3 is 2.46 bits per heavy atom. The van der Waals surface area contributed by atoms with Crippen molar-refractivity contribution in [1.29, 1.82) is 0 Å². The molecule has 6 rings (SSSR count). The maximum atomic E-state index is 6.16. The molecule has 0 radical (unpaired) electrons. The molecule has 3 heteroatoms. The Bertz CT molecular complexity index is 1440. The van der Waals surface area contributed by atoms with Crippen LogP contribution in [0.2, 0.25) is 0 Å². The molecule has 0 fully saturated rings. The summed E-state index contributed by atoms with van der Waals surface area (Å²) in [5.41, 5.74) is 3.74. The molecule has 0 saturated heterocycles. The van der Waals surface area contributed by atoms with Crippen molar-refractivity contribution in [3.63, 3.8) is 0 Å². The number of fused-ring (bicyclic) bond motifs is 6. The molecule has 0 amide bonds. The predicted octanol–water partition coefficient (Wildman–Crippen LogP) is 7.02. The van der Waals surface area contributed by atoms with E-state index in [0.29, 0.717) is 0 Å². The lowest BCUT2D eigenvalue weighted by Crippen LogP contribution is -1.83. The highest BCUT2D eigenvalue weighted by molar-refractivity contribution is 7.25. The second kappa shape index (κ2) is 5.16. The number of aromatic nitrogens is 1. The Morgan fingerprint density at radius 1 is 0.692 bits per heavy atom. The van der Waals surface area contributed by atoms with Crippen LogP contribution in [0.1, 0.15) is 0 Å². The predicted molar refractivity (Wildman–Crippen MR) is 110 cm³/mol. The number of hydrogen-bond acceptors (Lipinski definition) is 3. The van der Waals surface area contributed by atoms with E-state index < -0.39 is 0 Å². The third kappa shape index (κ3) is 1.89. The Kier molecular flexibility index (Phi) is 2.79. The molecule has 3 heterocycles. The molecule has 122 valence electrons. The summed E-state index contributed by atoms with van der Waals surface area (Å²) < 4.78 is 8.77. The van der Waals surface area contributed by atoms with Gasteiger partial charge >= 0.3 is 0 Å². The van der Waals surface area contributed by atoms with Gasteiger partial charge in [-0.3, -0.25) is 4.98 Å². The number of hydrogen-bond donors (Lipinski definition) is 0. The highest BCUT2D eigenvalue weighted by Crippen LogP contribution is 2.38. The third-order valence-electron chi connectivity index (χ3n) is 4.94. The van der Waals surface area contributed by atoms with Gasteiger partial charge in [-0.25, -0.2) is 0 Å². The van der Waals surface area contributed by atoms with Crippen LogP contribution in [0.4, 0.5) is 0 Å². The highest BCUT2D eigenvalue weighted by atomic mass is 32.1. The van der Waals surface area contributed by atoms with Crippen LogP contribution in [0.15, 0.2) is 83.4 Å². The zero-order valence-corrected chi connectivity index (χ0v) is 14.6. The topological polar surface area (TPSA) is 26.0 Å². The smallest absolute Gasteiger partial charge is 0.161 e. The lowest BCUT2D eigenvalue weighted by atomic mass is 10.0. The molecule has 0 N–H and O–H groups in total. The minimum Gasteiger partial charge on any atom is -0.454 e. The summed E-state index contributed by atoms with van der Waals surface area (Å²) in [6.45, 7) is 0. The molecule has 2 nitrogen and oxygen atoms in total. The van der Waals surface area contributed by atoms with E-state index in [0.717, 1.165) is 33.2 Å². The zero-order valence-electron chi connectivity index (χ0n) is 13.8. The van der Waals surface area contributed by atoms with Crippen LogP contribution in [0, 0.1) is 0 Å². The number of furan rings is 1. The first-order valence-electron chi connectivity index (χ1n) is 8.56. The summed E-state index contributed by atoms with van der Waals surface area (Å²) in [5, 5.41) is 4.82. The Balaban J connectivity index is 1.68. The van der Waals surface area contributed by atoms with Gasteiger partial charge in [0.05, 0.1) is 0 Å². The van der Waals surface area contributed by atoms with Crippen LogP contribution in [0.3, 0.4) is 0 Å². The molecule has 6 aromatic rings. The second-order valence-corrected chi connectivity index (χ2v) is 7.53. The van der Waals surface area contributed by atoms with Gasteiger partial charge in [-0.15, -0.1) is 11.3 Å². The van der Waals surface area contributed by atoms with Crippen LogP contribution in [0.5, 0.6) is 0 Å². The van der Waals surface area contributed by atoms with Crippen molar-refractivity contribution < 1.29 is 4.42 Å². The van der Waals surface area contributed by atoms with Crippen molar-refractivity contribution in [2.24, 2.45) is 0 Å². The first-order valence-corrected chi connectivity index (χ1v) is 9.38. The molecule has 0 aliphatic heterocycles. The van der Waals surface area contributed by atoms with Crippen molar-refractivity contribution in [3.05, 3.63) is 79.0 Å². The van der Waals surface area contributed by atoms with Gasteiger partial charge in [0.1, 0.15) is 11.3 Å². The van der Waals surface area contributed by atoms with E-state index in [1.54, 1.807) is 0 Å². The number of pyridine rings is 1. The Hall–Kier alpha value is -3.17. The molecule has 0 aliphatic carbocycles. The molecular weight excluding hydrogens is 338 g/mol. The number of nitrogens with zero attached hydrogens (tertiary/aromatic N) is 1.